The highest BCUT2D eigenvalue weighted by atomic mass is 16.5. The summed E-state index contributed by atoms with van der Waals surface area (Å²) in [6.07, 6.45) is 1.49. The van der Waals surface area contributed by atoms with Gasteiger partial charge in [0.05, 0.1) is 19.1 Å². The van der Waals surface area contributed by atoms with Gasteiger partial charge >= 0.3 is 5.97 Å². The van der Waals surface area contributed by atoms with Crippen molar-refractivity contribution in [1.29, 1.82) is 0 Å². The van der Waals surface area contributed by atoms with E-state index < -0.39 is 0 Å². The molecule has 24 heavy (non-hydrogen) atoms. The zero-order valence-electron chi connectivity index (χ0n) is 14.5. The molecule has 2 aromatic rings. The Bertz CT molecular complexity index is 757. The molecule has 1 aromatic carbocycles. The van der Waals surface area contributed by atoms with Gasteiger partial charge in [-0.1, -0.05) is 18.2 Å². The summed E-state index contributed by atoms with van der Waals surface area (Å²) in [4.78, 5) is 30.2. The number of likely N-dealkylation sites (tertiary alicyclic amines) is 1. The predicted molar refractivity (Wildman–Crippen MR) is 93.1 cm³/mol. The molecule has 1 aliphatic heterocycles. The summed E-state index contributed by atoms with van der Waals surface area (Å²) >= 11 is 0. The number of fused-ring (bicyclic) bond motifs is 1. The van der Waals surface area contributed by atoms with E-state index in [4.69, 9.17) is 4.74 Å². The number of H-pyrrole nitrogens is 1. The topological polar surface area (TPSA) is 62.4 Å². The number of rotatable bonds is 4. The molecule has 0 saturated carbocycles. The lowest BCUT2D eigenvalue weighted by atomic mass is 9.94. The van der Waals surface area contributed by atoms with E-state index in [2.05, 4.69) is 9.88 Å². The van der Waals surface area contributed by atoms with Crippen molar-refractivity contribution < 1.29 is 14.3 Å². The second kappa shape index (κ2) is 6.77. The Labute approximate surface area is 142 Å². The molecule has 0 unspecified atom stereocenters. The number of para-hydroxylation sites is 1. The van der Waals surface area contributed by atoms with Gasteiger partial charge in [-0.15, -0.1) is 0 Å². The first-order valence-electron chi connectivity index (χ1n) is 8.46. The first kappa shape index (κ1) is 16.7. The number of aryl methyl sites for hydroxylation is 1. The first-order valence-corrected chi connectivity index (χ1v) is 8.46. The number of esters is 1. The highest BCUT2D eigenvalue weighted by Crippen LogP contribution is 2.26. The SMILES string of the molecule is COC(=O)C1CCN([C@@H](C)C(=O)c2c(C)[nH]c3ccccc23)CC1. The van der Waals surface area contributed by atoms with Crippen LogP contribution in [-0.2, 0) is 9.53 Å². The van der Waals surface area contributed by atoms with E-state index in [0.717, 1.165) is 48.1 Å². The van der Waals surface area contributed by atoms with Crippen molar-refractivity contribution in [3.63, 3.8) is 0 Å². The molecule has 0 radical (unpaired) electrons. The third kappa shape index (κ3) is 2.96. The molecule has 1 atom stereocenters. The van der Waals surface area contributed by atoms with Gasteiger partial charge in [0.2, 0.25) is 0 Å². The maximum atomic E-state index is 13.1. The summed E-state index contributed by atoms with van der Waals surface area (Å²) in [5.74, 6) is -0.0362. The third-order valence-electron chi connectivity index (χ3n) is 5.13. The van der Waals surface area contributed by atoms with Gasteiger partial charge in [0.15, 0.2) is 5.78 Å². The van der Waals surface area contributed by atoms with Crippen LogP contribution in [0.2, 0.25) is 0 Å². The zero-order chi connectivity index (χ0) is 17.3. The van der Waals surface area contributed by atoms with Crippen LogP contribution in [0.5, 0.6) is 0 Å². The number of nitrogens with zero attached hydrogens (tertiary/aromatic N) is 1. The molecule has 0 amide bonds. The van der Waals surface area contributed by atoms with Gasteiger partial charge in [-0.3, -0.25) is 14.5 Å². The van der Waals surface area contributed by atoms with Gasteiger partial charge in [-0.05, 0) is 45.8 Å². The summed E-state index contributed by atoms with van der Waals surface area (Å²) < 4.78 is 4.83. The highest BCUT2D eigenvalue weighted by Gasteiger charge is 2.31. The number of methoxy groups -OCH3 is 1. The Kier molecular flexibility index (Phi) is 4.71. The molecular formula is C19H24N2O3. The van der Waals surface area contributed by atoms with Gasteiger partial charge in [-0.25, -0.2) is 0 Å². The van der Waals surface area contributed by atoms with Crippen molar-refractivity contribution in [3.8, 4) is 0 Å². The fourth-order valence-electron chi connectivity index (χ4n) is 3.66. The van der Waals surface area contributed by atoms with Gasteiger partial charge < -0.3 is 9.72 Å². The zero-order valence-corrected chi connectivity index (χ0v) is 14.5. The average Bonchev–Trinajstić information content (AvgIpc) is 2.95. The lowest BCUT2D eigenvalue weighted by molar-refractivity contribution is -0.147. The van der Waals surface area contributed by atoms with Crippen molar-refractivity contribution in [3.05, 3.63) is 35.5 Å². The van der Waals surface area contributed by atoms with Crippen LogP contribution in [0.25, 0.3) is 10.9 Å². The average molecular weight is 328 g/mol. The van der Waals surface area contributed by atoms with Crippen molar-refractivity contribution in [1.82, 2.24) is 9.88 Å². The quantitative estimate of drug-likeness (QED) is 0.692. The molecule has 5 nitrogen and oxygen atoms in total. The Hall–Kier alpha value is -2.14. The van der Waals surface area contributed by atoms with Crippen molar-refractivity contribution in [2.24, 2.45) is 5.92 Å². The Morgan fingerprint density at radius 2 is 1.92 bits per heavy atom. The van der Waals surface area contributed by atoms with Crippen LogP contribution in [0, 0.1) is 12.8 Å². The Morgan fingerprint density at radius 3 is 2.58 bits per heavy atom. The minimum Gasteiger partial charge on any atom is -0.469 e. The molecule has 0 bridgehead atoms. The van der Waals surface area contributed by atoms with Gasteiger partial charge in [0, 0.05) is 22.2 Å². The summed E-state index contributed by atoms with van der Waals surface area (Å²) in [5.41, 5.74) is 2.70. The van der Waals surface area contributed by atoms with E-state index in [1.807, 2.05) is 38.1 Å². The molecule has 1 aliphatic rings. The lowest BCUT2D eigenvalue weighted by Gasteiger charge is -2.34. The van der Waals surface area contributed by atoms with Crippen LogP contribution >= 0.6 is 0 Å². The molecule has 1 N–H and O–H groups in total. The minimum absolute atomic E-state index is 0.0385. The number of ketones is 1. The second-order valence-electron chi connectivity index (χ2n) is 6.54. The van der Waals surface area contributed by atoms with Crippen LogP contribution in [-0.4, -0.2) is 47.9 Å². The van der Waals surface area contributed by atoms with Crippen molar-refractivity contribution >= 4 is 22.7 Å². The molecule has 1 aromatic heterocycles. The number of aromatic nitrogens is 1. The number of carbonyl (C=O) groups is 2. The van der Waals surface area contributed by atoms with Crippen molar-refractivity contribution in [2.75, 3.05) is 20.2 Å². The lowest BCUT2D eigenvalue weighted by Crippen LogP contribution is -2.45. The molecule has 0 aliphatic carbocycles. The molecule has 3 rings (SSSR count). The summed E-state index contributed by atoms with van der Waals surface area (Å²) in [6.45, 7) is 5.40. The Balaban J connectivity index is 1.76. The van der Waals surface area contributed by atoms with E-state index in [-0.39, 0.29) is 23.7 Å². The van der Waals surface area contributed by atoms with E-state index in [1.54, 1.807) is 0 Å². The van der Waals surface area contributed by atoms with E-state index in [9.17, 15) is 9.59 Å². The standard InChI is InChI=1S/C19H24N2O3/c1-12-17(15-6-4-5-7-16(15)20-12)18(22)13(2)21-10-8-14(9-11-21)19(23)24-3/h4-7,13-14,20H,8-11H2,1-3H3/t13-/m0/s1. The smallest absolute Gasteiger partial charge is 0.308 e. The largest absolute Gasteiger partial charge is 0.469 e. The maximum Gasteiger partial charge on any atom is 0.308 e. The van der Waals surface area contributed by atoms with Gasteiger partial charge in [0.25, 0.3) is 0 Å². The number of benzene rings is 1. The number of piperidine rings is 1. The third-order valence-corrected chi connectivity index (χ3v) is 5.13. The maximum absolute atomic E-state index is 13.1. The van der Waals surface area contributed by atoms with Crippen LogP contribution < -0.4 is 0 Å². The Morgan fingerprint density at radius 1 is 1.25 bits per heavy atom. The fourth-order valence-corrected chi connectivity index (χ4v) is 3.66. The predicted octanol–water partition coefficient (Wildman–Crippen LogP) is 2.93. The van der Waals surface area contributed by atoms with Crippen LogP contribution in [0.4, 0.5) is 0 Å². The van der Waals surface area contributed by atoms with Crippen molar-refractivity contribution in [2.45, 2.75) is 32.7 Å². The highest BCUT2D eigenvalue weighted by molar-refractivity contribution is 6.11. The molecule has 1 fully saturated rings. The van der Waals surface area contributed by atoms with Gasteiger partial charge in [0.1, 0.15) is 0 Å². The van der Waals surface area contributed by atoms with Crippen LogP contribution in [0.3, 0.4) is 0 Å². The molecule has 2 heterocycles. The number of hydrogen-bond donors (Lipinski definition) is 1. The van der Waals surface area contributed by atoms with E-state index in [1.165, 1.54) is 7.11 Å². The fraction of sp³-hybridized carbons (Fsp3) is 0.474. The first-order chi connectivity index (χ1) is 11.5. The number of nitrogens with one attached hydrogen (secondary N) is 1. The number of ether oxygens (including phenoxy) is 1. The van der Waals surface area contributed by atoms with Crippen LogP contribution in [0.1, 0.15) is 35.8 Å². The molecule has 128 valence electrons. The summed E-state index contributed by atoms with van der Waals surface area (Å²) in [6, 6.07) is 7.71. The molecule has 0 spiro atoms. The normalized spacial score (nSPS) is 17.8. The minimum atomic E-state index is -0.193. The summed E-state index contributed by atoms with van der Waals surface area (Å²) in [7, 11) is 1.43. The summed E-state index contributed by atoms with van der Waals surface area (Å²) in [5, 5.41) is 0.983. The molecular weight excluding hydrogens is 304 g/mol. The number of carbonyl (C=O) groups excluding carboxylic acids is 2. The molecule has 1 saturated heterocycles. The molecule has 5 heteroatoms. The number of hydrogen-bond acceptors (Lipinski definition) is 4. The van der Waals surface area contributed by atoms with E-state index in [0.29, 0.717) is 0 Å². The number of aromatic amines is 1. The monoisotopic (exact) mass is 328 g/mol. The number of Topliss-reactive ketones (excluding diaryl/α,β-unsaturated/α-hetero) is 1. The second-order valence-corrected chi connectivity index (χ2v) is 6.54. The van der Waals surface area contributed by atoms with Gasteiger partial charge in [-0.2, -0.15) is 0 Å². The van der Waals surface area contributed by atoms with Crippen LogP contribution in [0.15, 0.2) is 24.3 Å². The van der Waals surface area contributed by atoms with E-state index >= 15 is 0 Å².